The molecule has 4 heteroatoms. The summed E-state index contributed by atoms with van der Waals surface area (Å²) in [5.74, 6) is 1.04. The van der Waals surface area contributed by atoms with Crippen molar-refractivity contribution in [1.29, 1.82) is 0 Å². The van der Waals surface area contributed by atoms with Crippen molar-refractivity contribution in [2.45, 2.75) is 31.8 Å². The lowest BCUT2D eigenvalue weighted by atomic mass is 10.0. The largest absolute Gasteiger partial charge is 0.468 e. The zero-order chi connectivity index (χ0) is 9.97. The van der Waals surface area contributed by atoms with Gasteiger partial charge in [-0.2, -0.15) is 0 Å². The van der Waals surface area contributed by atoms with Crippen LogP contribution in [0.15, 0.2) is 22.8 Å². The fraction of sp³-hybridized carbons (Fsp3) is 0.636. The number of nitrogens with two attached hydrogens (primary N) is 1. The zero-order valence-electron chi connectivity index (χ0n) is 9.06. The Labute approximate surface area is 97.0 Å². The van der Waals surface area contributed by atoms with E-state index in [2.05, 4.69) is 11.8 Å². The normalized spacial score (nSPS) is 24.5. The maximum Gasteiger partial charge on any atom is 0.120 e. The van der Waals surface area contributed by atoms with Crippen molar-refractivity contribution >= 4 is 12.4 Å². The quantitative estimate of drug-likeness (QED) is 0.847. The highest BCUT2D eigenvalue weighted by molar-refractivity contribution is 5.85. The molecule has 2 unspecified atom stereocenters. The molecule has 2 atom stereocenters. The lowest BCUT2D eigenvalue weighted by molar-refractivity contribution is 0.144. The van der Waals surface area contributed by atoms with E-state index in [1.165, 1.54) is 6.42 Å². The third kappa shape index (κ3) is 2.97. The van der Waals surface area contributed by atoms with Gasteiger partial charge in [-0.1, -0.05) is 0 Å². The van der Waals surface area contributed by atoms with Crippen LogP contribution in [0.3, 0.4) is 0 Å². The lowest BCUT2D eigenvalue weighted by Gasteiger charge is -2.34. The molecule has 2 heterocycles. The molecule has 1 fully saturated rings. The molecule has 1 aromatic heterocycles. The minimum absolute atomic E-state index is 0. The van der Waals surface area contributed by atoms with Gasteiger partial charge in [0.15, 0.2) is 0 Å². The van der Waals surface area contributed by atoms with Crippen molar-refractivity contribution in [2.75, 3.05) is 13.1 Å². The van der Waals surface area contributed by atoms with E-state index in [1.807, 2.05) is 12.1 Å². The first-order valence-electron chi connectivity index (χ1n) is 5.30. The van der Waals surface area contributed by atoms with E-state index < -0.39 is 0 Å². The van der Waals surface area contributed by atoms with Crippen molar-refractivity contribution in [2.24, 2.45) is 5.73 Å². The van der Waals surface area contributed by atoms with Crippen molar-refractivity contribution < 1.29 is 4.42 Å². The van der Waals surface area contributed by atoms with Crippen molar-refractivity contribution in [1.82, 2.24) is 4.90 Å². The Morgan fingerprint density at radius 2 is 2.40 bits per heavy atom. The summed E-state index contributed by atoms with van der Waals surface area (Å²) in [6, 6.07) is 4.66. The second kappa shape index (κ2) is 5.54. The second-order valence-corrected chi connectivity index (χ2v) is 4.09. The van der Waals surface area contributed by atoms with Gasteiger partial charge in [0.05, 0.1) is 12.3 Å². The maximum absolute atomic E-state index is 5.94. The molecule has 0 aliphatic carbocycles. The van der Waals surface area contributed by atoms with E-state index in [0.717, 1.165) is 25.3 Å². The van der Waals surface area contributed by atoms with Crippen LogP contribution in [0.25, 0.3) is 0 Å². The predicted octanol–water partition coefficient (Wildman–Crippen LogP) is 2.19. The van der Waals surface area contributed by atoms with Crippen LogP contribution in [0.5, 0.6) is 0 Å². The number of halogens is 1. The SMILES string of the molecule is CC(c1ccco1)N1CCCC(N)C1.Cl. The summed E-state index contributed by atoms with van der Waals surface area (Å²) in [5, 5.41) is 0. The van der Waals surface area contributed by atoms with E-state index in [-0.39, 0.29) is 12.4 Å². The molecule has 3 nitrogen and oxygen atoms in total. The number of nitrogens with zero attached hydrogens (tertiary/aromatic N) is 1. The third-order valence-corrected chi connectivity index (χ3v) is 2.99. The van der Waals surface area contributed by atoms with Crippen LogP contribution in [-0.2, 0) is 0 Å². The summed E-state index contributed by atoms with van der Waals surface area (Å²) < 4.78 is 5.40. The van der Waals surface area contributed by atoms with Gasteiger partial charge in [0.25, 0.3) is 0 Å². The molecule has 1 aromatic rings. The van der Waals surface area contributed by atoms with E-state index in [1.54, 1.807) is 6.26 Å². The smallest absolute Gasteiger partial charge is 0.120 e. The molecule has 0 spiro atoms. The number of likely N-dealkylation sites (tertiary alicyclic amines) is 1. The van der Waals surface area contributed by atoms with E-state index >= 15 is 0 Å². The van der Waals surface area contributed by atoms with Crippen LogP contribution >= 0.6 is 12.4 Å². The molecule has 0 aromatic carbocycles. The van der Waals surface area contributed by atoms with Gasteiger partial charge in [-0.25, -0.2) is 0 Å². The average Bonchev–Trinajstić information content (AvgIpc) is 2.69. The molecule has 86 valence electrons. The first-order chi connectivity index (χ1) is 6.77. The fourth-order valence-corrected chi connectivity index (χ4v) is 2.10. The van der Waals surface area contributed by atoms with E-state index in [9.17, 15) is 0 Å². The first kappa shape index (κ1) is 12.6. The van der Waals surface area contributed by atoms with Gasteiger partial charge < -0.3 is 10.2 Å². The van der Waals surface area contributed by atoms with Gasteiger partial charge in [0.1, 0.15) is 5.76 Å². The second-order valence-electron chi connectivity index (χ2n) is 4.09. The topological polar surface area (TPSA) is 42.4 Å². The highest BCUT2D eigenvalue weighted by Gasteiger charge is 2.23. The highest BCUT2D eigenvalue weighted by Crippen LogP contribution is 2.23. The number of piperidine rings is 1. The Morgan fingerprint density at radius 1 is 1.60 bits per heavy atom. The molecule has 2 rings (SSSR count). The molecule has 0 bridgehead atoms. The first-order valence-corrected chi connectivity index (χ1v) is 5.30. The fourth-order valence-electron chi connectivity index (χ4n) is 2.10. The summed E-state index contributed by atoms with van der Waals surface area (Å²) in [4.78, 5) is 2.40. The molecule has 1 aliphatic heterocycles. The lowest BCUT2D eigenvalue weighted by Crippen LogP contribution is -2.43. The van der Waals surface area contributed by atoms with Gasteiger partial charge in [-0.3, -0.25) is 4.90 Å². The van der Waals surface area contributed by atoms with Crippen LogP contribution in [0.4, 0.5) is 0 Å². The van der Waals surface area contributed by atoms with Crippen LogP contribution < -0.4 is 5.73 Å². The number of furan rings is 1. The van der Waals surface area contributed by atoms with Gasteiger partial charge >= 0.3 is 0 Å². The Bertz CT molecular complexity index is 276. The van der Waals surface area contributed by atoms with Crippen LogP contribution in [0, 0.1) is 0 Å². The summed E-state index contributed by atoms with van der Waals surface area (Å²) >= 11 is 0. The maximum atomic E-state index is 5.94. The highest BCUT2D eigenvalue weighted by atomic mass is 35.5. The molecule has 0 radical (unpaired) electrons. The van der Waals surface area contributed by atoms with Crippen LogP contribution in [0.2, 0.25) is 0 Å². The summed E-state index contributed by atoms with van der Waals surface area (Å²) in [5.41, 5.74) is 5.94. The average molecular weight is 231 g/mol. The van der Waals surface area contributed by atoms with Crippen LogP contribution in [0.1, 0.15) is 31.6 Å². The van der Waals surface area contributed by atoms with Crippen LogP contribution in [-0.4, -0.2) is 24.0 Å². The van der Waals surface area contributed by atoms with Gasteiger partial charge in [-0.15, -0.1) is 12.4 Å². The van der Waals surface area contributed by atoms with Gasteiger partial charge in [-0.05, 0) is 38.4 Å². The van der Waals surface area contributed by atoms with Crippen molar-refractivity contribution in [3.63, 3.8) is 0 Å². The number of rotatable bonds is 2. The standard InChI is InChI=1S/C11H18N2O.ClH/c1-9(11-5-3-7-14-11)13-6-2-4-10(12)8-13;/h3,5,7,9-10H,2,4,6,8,12H2,1H3;1H. The minimum atomic E-state index is 0. The van der Waals surface area contributed by atoms with Crippen molar-refractivity contribution in [3.8, 4) is 0 Å². The summed E-state index contributed by atoms with van der Waals surface area (Å²) in [6.07, 6.45) is 4.09. The predicted molar refractivity (Wildman–Crippen MR) is 63.2 cm³/mol. The third-order valence-electron chi connectivity index (χ3n) is 2.99. The molecular weight excluding hydrogens is 212 g/mol. The molecule has 0 amide bonds. The molecule has 15 heavy (non-hydrogen) atoms. The Morgan fingerprint density at radius 3 is 3.00 bits per heavy atom. The number of hydrogen-bond donors (Lipinski definition) is 1. The number of hydrogen-bond acceptors (Lipinski definition) is 3. The Hall–Kier alpha value is -0.510. The monoisotopic (exact) mass is 230 g/mol. The molecule has 0 saturated carbocycles. The molecule has 1 aliphatic rings. The summed E-state index contributed by atoms with van der Waals surface area (Å²) in [6.45, 7) is 4.30. The Kier molecular flexibility index (Phi) is 4.64. The minimum Gasteiger partial charge on any atom is -0.468 e. The Balaban J connectivity index is 0.00000112. The zero-order valence-corrected chi connectivity index (χ0v) is 9.87. The van der Waals surface area contributed by atoms with E-state index in [4.69, 9.17) is 10.2 Å². The van der Waals surface area contributed by atoms with Crippen molar-refractivity contribution in [3.05, 3.63) is 24.2 Å². The van der Waals surface area contributed by atoms with Gasteiger partial charge in [0.2, 0.25) is 0 Å². The van der Waals surface area contributed by atoms with Gasteiger partial charge in [0, 0.05) is 12.6 Å². The summed E-state index contributed by atoms with van der Waals surface area (Å²) in [7, 11) is 0. The molecule has 2 N–H and O–H groups in total. The van der Waals surface area contributed by atoms with E-state index in [0.29, 0.717) is 12.1 Å². The molecular formula is C11H19ClN2O. The molecule has 1 saturated heterocycles.